The summed E-state index contributed by atoms with van der Waals surface area (Å²) in [5, 5.41) is 0. The third kappa shape index (κ3) is 2.79. The van der Waals surface area contributed by atoms with Crippen LogP contribution in [0.2, 0.25) is 0 Å². The van der Waals surface area contributed by atoms with Gasteiger partial charge in [-0.2, -0.15) is 0 Å². The van der Waals surface area contributed by atoms with E-state index < -0.39 is 29.9 Å². The van der Waals surface area contributed by atoms with Crippen molar-refractivity contribution in [2.24, 2.45) is 5.41 Å². The van der Waals surface area contributed by atoms with Crippen LogP contribution in [-0.2, 0) is 10.8 Å². The molecule has 1 aromatic rings. The topological polar surface area (TPSA) is 0 Å². The molecule has 0 amide bonds. The first-order valence-electron chi connectivity index (χ1n) is 10.8. The van der Waals surface area contributed by atoms with Gasteiger partial charge in [-0.25, -0.2) is 0 Å². The fourth-order valence-electron chi connectivity index (χ4n) is 1.75. The summed E-state index contributed by atoms with van der Waals surface area (Å²) in [6, 6.07) is -0.303. The molecule has 0 bridgehead atoms. The molecular formula is C18H30. The number of hydrogen-bond acceptors (Lipinski definition) is 0. The Hall–Kier alpha value is -0.780. The predicted octanol–water partition coefficient (Wildman–Crippen LogP) is 5.62. The van der Waals surface area contributed by atoms with Crippen LogP contribution in [0.4, 0.5) is 0 Å². The summed E-state index contributed by atoms with van der Waals surface area (Å²) in [4.78, 5) is 0. The molecule has 0 nitrogen and oxygen atoms in total. The fraction of sp³-hybridized carbons (Fsp3) is 0.667. The highest BCUT2D eigenvalue weighted by atomic mass is 14.4. The zero-order valence-electron chi connectivity index (χ0n) is 21.5. The summed E-state index contributed by atoms with van der Waals surface area (Å²) in [5.74, 6) is 0. The van der Waals surface area contributed by atoms with Gasteiger partial charge in [-0.15, -0.1) is 0 Å². The van der Waals surface area contributed by atoms with Crippen LogP contribution in [0, 0.1) is 12.3 Å². The molecule has 0 aliphatic rings. The van der Waals surface area contributed by atoms with Crippen molar-refractivity contribution in [3.63, 3.8) is 0 Å². The van der Waals surface area contributed by atoms with Gasteiger partial charge in [0.15, 0.2) is 0 Å². The molecule has 0 aliphatic carbocycles. The molecule has 0 saturated heterocycles. The summed E-state index contributed by atoms with van der Waals surface area (Å²) in [6.45, 7) is 5.62. The predicted molar refractivity (Wildman–Crippen MR) is 82.4 cm³/mol. The van der Waals surface area contributed by atoms with E-state index in [-0.39, 0.29) is 23.7 Å². The number of hydrogen-bond donors (Lipinski definition) is 0. The lowest BCUT2D eigenvalue weighted by atomic mass is 9.64. The van der Waals surface area contributed by atoms with Crippen LogP contribution in [0.15, 0.2) is 18.1 Å². The van der Waals surface area contributed by atoms with E-state index in [2.05, 4.69) is 0 Å². The molecular weight excluding hydrogens is 216 g/mol. The molecule has 0 aliphatic heterocycles. The molecule has 102 valence electrons. The first-order valence-corrected chi connectivity index (χ1v) is 6.25. The second kappa shape index (κ2) is 4.40. The highest BCUT2D eigenvalue weighted by Crippen LogP contribution is 2.42. The van der Waals surface area contributed by atoms with Gasteiger partial charge in [-0.1, -0.05) is 73.4 Å². The third-order valence-corrected chi connectivity index (χ3v) is 3.62. The van der Waals surface area contributed by atoms with Gasteiger partial charge < -0.3 is 0 Å². The Balaban J connectivity index is 4.06. The van der Waals surface area contributed by atoms with Crippen molar-refractivity contribution in [2.75, 3.05) is 0 Å². The van der Waals surface area contributed by atoms with E-state index in [0.29, 0.717) is 11.1 Å². The van der Waals surface area contributed by atoms with Crippen LogP contribution >= 0.6 is 0 Å². The van der Waals surface area contributed by atoms with Gasteiger partial charge in [-0.05, 0) is 39.9 Å². The molecule has 0 fully saturated rings. The van der Waals surface area contributed by atoms with Crippen molar-refractivity contribution in [1.82, 2.24) is 0 Å². The molecule has 0 spiro atoms. The largest absolute Gasteiger partial charge is 0.0629 e. The molecule has 0 heteroatoms. The van der Waals surface area contributed by atoms with Crippen LogP contribution in [-0.4, -0.2) is 0 Å². The first-order chi connectivity index (χ1) is 11.6. The monoisotopic (exact) mass is 255 g/mol. The molecule has 0 heterocycles. The van der Waals surface area contributed by atoms with E-state index in [1.165, 1.54) is 20.8 Å². The van der Waals surface area contributed by atoms with Gasteiger partial charge in [0, 0.05) is 8.22 Å². The lowest BCUT2D eigenvalue weighted by Crippen LogP contribution is -2.34. The molecule has 0 atom stereocenters. The van der Waals surface area contributed by atoms with Gasteiger partial charge in [0.25, 0.3) is 0 Å². The van der Waals surface area contributed by atoms with E-state index in [4.69, 9.17) is 12.3 Å². The van der Waals surface area contributed by atoms with Gasteiger partial charge >= 0.3 is 0 Å². The van der Waals surface area contributed by atoms with Crippen molar-refractivity contribution in [3.8, 4) is 0 Å². The zero-order chi connectivity index (χ0) is 22.0. The molecule has 1 aromatic carbocycles. The minimum absolute atomic E-state index is 0.0602. The van der Waals surface area contributed by atoms with Crippen LogP contribution < -0.4 is 0 Å². The number of benzene rings is 1. The summed E-state index contributed by atoms with van der Waals surface area (Å²) >= 11 is 0. The van der Waals surface area contributed by atoms with Crippen LogP contribution in [0.3, 0.4) is 0 Å². The molecule has 0 aromatic heterocycles. The Labute approximate surface area is 126 Å². The summed E-state index contributed by atoms with van der Waals surface area (Å²) < 4.78 is 73.3. The highest BCUT2D eigenvalue weighted by molar-refractivity contribution is 5.39. The van der Waals surface area contributed by atoms with Crippen molar-refractivity contribution in [2.45, 2.75) is 73.0 Å². The Kier molecular flexibility index (Phi) is 1.61. The maximum Gasteiger partial charge on any atom is 0.0629 e. The lowest BCUT2D eigenvalue weighted by molar-refractivity contribution is 0.224. The maximum atomic E-state index is 8.56. The smallest absolute Gasteiger partial charge is 0.0593 e. The minimum atomic E-state index is -2.84. The average Bonchev–Trinajstić information content (AvgIpc) is 2.40. The summed E-state index contributed by atoms with van der Waals surface area (Å²) in [7, 11) is 0. The van der Waals surface area contributed by atoms with Crippen LogP contribution in [0.25, 0.3) is 0 Å². The number of rotatable bonds is 1. The standard InChI is InChI=1S/C18H30/c1-13-12-14(16(2,3)4)10-11-15(13)18(8,9)17(5,6)7/h10-12H,1-9H3/i5D3,6D3,10D,11D,12D. The zero-order valence-corrected chi connectivity index (χ0v) is 12.5. The van der Waals surface area contributed by atoms with Gasteiger partial charge in [0.05, 0.1) is 4.11 Å². The minimum Gasteiger partial charge on any atom is -0.0593 e. The molecule has 1 rings (SSSR count). The van der Waals surface area contributed by atoms with Crippen LogP contribution in [0.5, 0.6) is 0 Å². The van der Waals surface area contributed by atoms with E-state index >= 15 is 0 Å². The van der Waals surface area contributed by atoms with Crippen molar-refractivity contribution >= 4 is 0 Å². The second-order valence-electron chi connectivity index (χ2n) is 6.75. The summed E-state index contributed by atoms with van der Waals surface area (Å²) in [5.41, 5.74) is -3.34. The molecule has 0 unspecified atom stereocenters. The van der Waals surface area contributed by atoms with Gasteiger partial charge in [-0.3, -0.25) is 0 Å². The normalized spacial score (nSPS) is 22.5. The van der Waals surface area contributed by atoms with Crippen molar-refractivity contribution in [3.05, 3.63) is 34.8 Å². The molecule has 0 radical (unpaired) electrons. The second-order valence-corrected chi connectivity index (χ2v) is 6.75. The first kappa shape index (κ1) is 6.59. The quantitative estimate of drug-likeness (QED) is 0.611. The Bertz CT molecular complexity index is 688. The van der Waals surface area contributed by atoms with E-state index in [1.54, 1.807) is 6.92 Å². The lowest BCUT2D eigenvalue weighted by Gasteiger charge is -2.40. The molecule has 18 heavy (non-hydrogen) atoms. The van der Waals surface area contributed by atoms with Crippen LogP contribution in [0.1, 0.15) is 84.3 Å². The van der Waals surface area contributed by atoms with Crippen molar-refractivity contribution < 1.29 is 12.3 Å². The highest BCUT2D eigenvalue weighted by Gasteiger charge is 2.35. The third-order valence-electron chi connectivity index (χ3n) is 3.62. The fourth-order valence-corrected chi connectivity index (χ4v) is 1.75. The maximum absolute atomic E-state index is 8.56. The van der Waals surface area contributed by atoms with E-state index in [9.17, 15) is 0 Å². The molecule has 0 saturated carbocycles. The van der Waals surface area contributed by atoms with Crippen molar-refractivity contribution in [1.29, 1.82) is 0 Å². The SMILES string of the molecule is [2H]c1c([2H])c(C(C)(C)C(C)(C([2H])([2H])[2H])C([2H])([2H])[2H])c(C)c([2H])c1C(C)(C)C. The Morgan fingerprint density at radius 3 is 2.00 bits per heavy atom. The Morgan fingerprint density at radius 2 is 1.56 bits per heavy atom. The Morgan fingerprint density at radius 1 is 1.00 bits per heavy atom. The van der Waals surface area contributed by atoms with E-state index in [1.807, 2.05) is 20.8 Å². The summed E-state index contributed by atoms with van der Waals surface area (Å²) in [6.07, 6.45) is 0. The van der Waals surface area contributed by atoms with E-state index in [0.717, 1.165) is 0 Å². The molecule has 0 N–H and O–H groups in total. The van der Waals surface area contributed by atoms with Gasteiger partial charge in [0.1, 0.15) is 0 Å². The van der Waals surface area contributed by atoms with Gasteiger partial charge in [0.2, 0.25) is 0 Å². The average molecular weight is 255 g/mol.